The molecular weight excluding hydrogens is 390 g/mol. The summed E-state index contributed by atoms with van der Waals surface area (Å²) >= 11 is 0. The first-order chi connectivity index (χ1) is 13.8. The largest absolute Gasteiger partial charge is 0.497 e. The third-order valence-electron chi connectivity index (χ3n) is 4.71. The van der Waals surface area contributed by atoms with E-state index in [1.165, 1.54) is 0 Å². The van der Waals surface area contributed by atoms with Gasteiger partial charge in [-0.1, -0.05) is 30.3 Å². The summed E-state index contributed by atoms with van der Waals surface area (Å²) in [6, 6.07) is 14.8. The first-order valence-electron chi connectivity index (χ1n) is 9.39. The lowest BCUT2D eigenvalue weighted by Crippen LogP contribution is -2.33. The van der Waals surface area contributed by atoms with Crippen LogP contribution in [0.1, 0.15) is 35.0 Å². The third-order valence-corrected chi connectivity index (χ3v) is 5.53. The molecule has 0 aliphatic rings. The molecular formula is C22H25NO5S. The molecule has 0 aliphatic carbocycles. The molecule has 1 amide bonds. The van der Waals surface area contributed by atoms with E-state index in [1.807, 2.05) is 31.2 Å². The number of carbonyl (C=O) groups is 1. The predicted molar refractivity (Wildman–Crippen MR) is 113 cm³/mol. The van der Waals surface area contributed by atoms with Crippen molar-refractivity contribution in [2.75, 3.05) is 13.4 Å². The molecule has 0 saturated heterocycles. The van der Waals surface area contributed by atoms with E-state index < -0.39 is 15.7 Å². The van der Waals surface area contributed by atoms with E-state index in [-0.39, 0.29) is 17.6 Å². The highest BCUT2D eigenvalue weighted by Crippen LogP contribution is 2.27. The average Bonchev–Trinajstić information content (AvgIpc) is 3.04. The van der Waals surface area contributed by atoms with E-state index in [2.05, 4.69) is 5.32 Å². The number of para-hydroxylation sites is 1. The molecule has 6 nitrogen and oxygen atoms in total. The van der Waals surface area contributed by atoms with Gasteiger partial charge in [0.15, 0.2) is 15.6 Å². The van der Waals surface area contributed by atoms with E-state index in [4.69, 9.17) is 9.15 Å². The molecule has 7 heteroatoms. The molecule has 29 heavy (non-hydrogen) atoms. The van der Waals surface area contributed by atoms with Crippen LogP contribution < -0.4 is 10.1 Å². The predicted octanol–water partition coefficient (Wildman–Crippen LogP) is 3.74. The van der Waals surface area contributed by atoms with Crippen LogP contribution in [0.25, 0.3) is 11.0 Å². The van der Waals surface area contributed by atoms with Crippen LogP contribution in [0.2, 0.25) is 0 Å². The second kappa shape index (κ2) is 8.69. The smallest absolute Gasteiger partial charge is 0.287 e. The third kappa shape index (κ3) is 5.38. The van der Waals surface area contributed by atoms with E-state index in [0.29, 0.717) is 16.5 Å². The van der Waals surface area contributed by atoms with Crippen LogP contribution in [0.15, 0.2) is 52.9 Å². The molecule has 0 saturated carbocycles. The molecule has 1 aromatic heterocycles. The molecule has 3 rings (SSSR count). The zero-order valence-electron chi connectivity index (χ0n) is 16.8. The number of rotatable bonds is 8. The van der Waals surface area contributed by atoms with E-state index >= 15 is 0 Å². The number of hydrogen-bond acceptors (Lipinski definition) is 5. The van der Waals surface area contributed by atoms with E-state index in [1.54, 1.807) is 31.4 Å². The first-order valence-corrected chi connectivity index (χ1v) is 11.4. The molecule has 154 valence electrons. The summed E-state index contributed by atoms with van der Waals surface area (Å²) in [6.45, 7) is 1.92. The van der Waals surface area contributed by atoms with Gasteiger partial charge in [0, 0.05) is 23.2 Å². The van der Waals surface area contributed by atoms with Crippen molar-refractivity contribution in [3.63, 3.8) is 0 Å². The van der Waals surface area contributed by atoms with Crippen molar-refractivity contribution in [2.24, 2.45) is 0 Å². The SMILES string of the molecule is COc1ccc(CCC(C)NC(=O)c2oc3ccccc3c2CS(C)(=O)=O)cc1. The lowest BCUT2D eigenvalue weighted by atomic mass is 10.1. The van der Waals surface area contributed by atoms with Gasteiger partial charge in [-0.25, -0.2) is 8.42 Å². The highest BCUT2D eigenvalue weighted by atomic mass is 32.2. The molecule has 0 aliphatic heterocycles. The molecule has 0 radical (unpaired) electrons. The maximum absolute atomic E-state index is 12.8. The van der Waals surface area contributed by atoms with Gasteiger partial charge in [-0.15, -0.1) is 0 Å². The van der Waals surface area contributed by atoms with Gasteiger partial charge >= 0.3 is 0 Å². The van der Waals surface area contributed by atoms with Crippen LogP contribution in [-0.2, 0) is 22.0 Å². The number of methoxy groups -OCH3 is 1. The fraction of sp³-hybridized carbons (Fsp3) is 0.318. The number of benzene rings is 2. The summed E-state index contributed by atoms with van der Waals surface area (Å²) in [7, 11) is -1.70. The van der Waals surface area contributed by atoms with Crippen molar-refractivity contribution >= 4 is 26.7 Å². The van der Waals surface area contributed by atoms with Gasteiger partial charge < -0.3 is 14.5 Å². The molecule has 3 aromatic rings. The maximum atomic E-state index is 12.8. The lowest BCUT2D eigenvalue weighted by Gasteiger charge is -2.14. The summed E-state index contributed by atoms with van der Waals surface area (Å²) < 4.78 is 34.6. The number of carbonyl (C=O) groups excluding carboxylic acids is 1. The minimum absolute atomic E-state index is 0.0629. The van der Waals surface area contributed by atoms with E-state index in [0.717, 1.165) is 30.4 Å². The first kappa shape index (κ1) is 20.9. The Hall–Kier alpha value is -2.80. The molecule has 1 unspecified atom stereocenters. The zero-order chi connectivity index (χ0) is 21.0. The normalized spacial score (nSPS) is 12.7. The van der Waals surface area contributed by atoms with Crippen LogP contribution in [0.4, 0.5) is 0 Å². The summed E-state index contributed by atoms with van der Waals surface area (Å²) in [4.78, 5) is 12.8. The Balaban J connectivity index is 1.72. The van der Waals surface area contributed by atoms with Crippen molar-refractivity contribution in [3.05, 3.63) is 65.4 Å². The van der Waals surface area contributed by atoms with E-state index in [9.17, 15) is 13.2 Å². The Bertz CT molecular complexity index is 1100. The Morgan fingerprint density at radius 3 is 2.48 bits per heavy atom. The Morgan fingerprint density at radius 1 is 1.14 bits per heavy atom. The molecule has 1 atom stereocenters. The average molecular weight is 416 g/mol. The van der Waals surface area contributed by atoms with Crippen LogP contribution in [0.3, 0.4) is 0 Å². The van der Waals surface area contributed by atoms with Gasteiger partial charge in [0.25, 0.3) is 5.91 Å². The number of furan rings is 1. The summed E-state index contributed by atoms with van der Waals surface area (Å²) in [5, 5.41) is 3.57. The Kier molecular flexibility index (Phi) is 6.27. The van der Waals surface area contributed by atoms with Gasteiger partial charge in [-0.3, -0.25) is 4.79 Å². The van der Waals surface area contributed by atoms with Gasteiger partial charge in [0.1, 0.15) is 11.3 Å². The number of amides is 1. The molecule has 0 spiro atoms. The number of ether oxygens (including phenoxy) is 1. The second-order valence-corrected chi connectivity index (χ2v) is 9.38. The van der Waals surface area contributed by atoms with Crippen LogP contribution >= 0.6 is 0 Å². The summed E-state index contributed by atoms with van der Waals surface area (Å²) in [5.41, 5.74) is 2.05. The van der Waals surface area contributed by atoms with Crippen molar-refractivity contribution in [3.8, 4) is 5.75 Å². The summed E-state index contributed by atoms with van der Waals surface area (Å²) in [6.07, 6.45) is 2.68. The standard InChI is InChI=1S/C22H25NO5S/c1-15(8-9-16-10-12-17(27-2)13-11-16)23-22(24)21-19(14-29(3,25)26)18-6-4-5-7-20(18)28-21/h4-7,10-13,15H,8-9,14H2,1-3H3,(H,23,24). The number of hydrogen-bond donors (Lipinski definition) is 1. The quantitative estimate of drug-likeness (QED) is 0.606. The number of sulfone groups is 1. The second-order valence-electron chi connectivity index (χ2n) is 7.24. The van der Waals surface area contributed by atoms with Crippen molar-refractivity contribution in [1.29, 1.82) is 0 Å². The summed E-state index contributed by atoms with van der Waals surface area (Å²) in [5.74, 6) is 0.223. The zero-order valence-corrected chi connectivity index (χ0v) is 17.6. The fourth-order valence-electron chi connectivity index (χ4n) is 3.22. The molecule has 1 N–H and O–H groups in total. The molecule has 0 bridgehead atoms. The van der Waals surface area contributed by atoms with Gasteiger partial charge in [-0.05, 0) is 43.5 Å². The lowest BCUT2D eigenvalue weighted by molar-refractivity contribution is 0.0911. The highest BCUT2D eigenvalue weighted by Gasteiger charge is 2.24. The van der Waals surface area contributed by atoms with Gasteiger partial charge in [0.2, 0.25) is 0 Å². The Morgan fingerprint density at radius 2 is 1.83 bits per heavy atom. The van der Waals surface area contributed by atoms with Crippen LogP contribution in [-0.4, -0.2) is 33.7 Å². The van der Waals surface area contributed by atoms with Crippen LogP contribution in [0, 0.1) is 0 Å². The highest BCUT2D eigenvalue weighted by molar-refractivity contribution is 7.89. The van der Waals surface area contributed by atoms with Gasteiger partial charge in [0.05, 0.1) is 12.9 Å². The van der Waals surface area contributed by atoms with Crippen molar-refractivity contribution in [2.45, 2.75) is 31.6 Å². The van der Waals surface area contributed by atoms with Crippen molar-refractivity contribution in [1.82, 2.24) is 5.32 Å². The van der Waals surface area contributed by atoms with Gasteiger partial charge in [-0.2, -0.15) is 0 Å². The fourth-order valence-corrected chi connectivity index (χ4v) is 4.04. The number of fused-ring (bicyclic) bond motifs is 1. The monoisotopic (exact) mass is 415 g/mol. The molecule has 2 aromatic carbocycles. The number of aryl methyl sites for hydroxylation is 1. The molecule has 0 fully saturated rings. The number of nitrogens with one attached hydrogen (secondary N) is 1. The topological polar surface area (TPSA) is 85.6 Å². The van der Waals surface area contributed by atoms with Crippen LogP contribution in [0.5, 0.6) is 5.75 Å². The minimum atomic E-state index is -3.33. The minimum Gasteiger partial charge on any atom is -0.497 e. The van der Waals surface area contributed by atoms with Crippen molar-refractivity contribution < 1.29 is 22.4 Å². The molecule has 1 heterocycles. The maximum Gasteiger partial charge on any atom is 0.287 e. The Labute approximate surface area is 170 Å².